The molecular formula is C13H24N2. The van der Waals surface area contributed by atoms with Gasteiger partial charge in [0.05, 0.1) is 0 Å². The van der Waals surface area contributed by atoms with E-state index in [9.17, 15) is 0 Å². The highest BCUT2D eigenvalue weighted by atomic mass is 15.1. The lowest BCUT2D eigenvalue weighted by atomic mass is 9.71. The van der Waals surface area contributed by atoms with Crippen LogP contribution in [-0.2, 0) is 0 Å². The maximum atomic E-state index is 3.77. The highest BCUT2D eigenvalue weighted by Gasteiger charge is 2.40. The Hall–Kier alpha value is -0.340. The van der Waals surface area contributed by atoms with Crippen molar-refractivity contribution in [2.24, 2.45) is 11.8 Å². The molecule has 4 unspecified atom stereocenters. The van der Waals surface area contributed by atoms with Crippen molar-refractivity contribution < 1.29 is 0 Å². The van der Waals surface area contributed by atoms with E-state index >= 15 is 0 Å². The first-order valence-electron chi connectivity index (χ1n) is 6.24. The average molecular weight is 208 g/mol. The first-order chi connectivity index (χ1) is 7.16. The minimum Gasteiger partial charge on any atom is -0.311 e. The molecule has 0 amide bonds. The van der Waals surface area contributed by atoms with Crippen LogP contribution in [0.3, 0.4) is 0 Å². The summed E-state index contributed by atoms with van der Waals surface area (Å²) in [6.07, 6.45) is 8.76. The van der Waals surface area contributed by atoms with E-state index in [4.69, 9.17) is 0 Å². The van der Waals surface area contributed by atoms with Gasteiger partial charge in [-0.05, 0) is 58.7 Å². The van der Waals surface area contributed by atoms with Gasteiger partial charge in [-0.1, -0.05) is 12.2 Å². The van der Waals surface area contributed by atoms with Crippen LogP contribution in [0.1, 0.15) is 26.2 Å². The Kier molecular flexibility index (Phi) is 3.47. The monoisotopic (exact) mass is 208 g/mol. The molecule has 2 rings (SSSR count). The number of nitrogens with one attached hydrogen (secondary N) is 1. The van der Waals surface area contributed by atoms with E-state index in [-0.39, 0.29) is 0 Å². The molecule has 15 heavy (non-hydrogen) atoms. The number of rotatable bonds is 5. The van der Waals surface area contributed by atoms with Crippen LogP contribution in [0.5, 0.6) is 0 Å². The summed E-state index contributed by atoms with van der Waals surface area (Å²) in [4.78, 5) is 2.26. The Bertz CT molecular complexity index is 235. The van der Waals surface area contributed by atoms with Crippen LogP contribution in [0.2, 0.25) is 0 Å². The van der Waals surface area contributed by atoms with E-state index in [1.165, 1.54) is 25.8 Å². The lowest BCUT2D eigenvalue weighted by Gasteiger charge is -2.42. The van der Waals surface area contributed by atoms with Gasteiger partial charge in [0.2, 0.25) is 0 Å². The molecule has 0 aromatic carbocycles. The van der Waals surface area contributed by atoms with Gasteiger partial charge in [-0.25, -0.2) is 0 Å². The maximum Gasteiger partial charge on any atom is 0.0138 e. The summed E-state index contributed by atoms with van der Waals surface area (Å²) < 4.78 is 0. The zero-order valence-corrected chi connectivity index (χ0v) is 10.2. The van der Waals surface area contributed by atoms with E-state index in [2.05, 4.69) is 43.4 Å². The molecule has 0 bridgehead atoms. The molecule has 2 nitrogen and oxygen atoms in total. The van der Waals surface area contributed by atoms with Gasteiger partial charge in [-0.15, -0.1) is 0 Å². The number of allylic oxidation sites excluding steroid dienone is 1. The Labute approximate surface area is 93.7 Å². The molecule has 0 aromatic rings. The molecule has 4 atom stereocenters. The SMILES string of the molecule is CC(CCN(C)C)NC1CC2CC=CC21. The van der Waals surface area contributed by atoms with Crippen LogP contribution < -0.4 is 5.32 Å². The molecule has 0 aromatic heterocycles. The summed E-state index contributed by atoms with van der Waals surface area (Å²) in [7, 11) is 4.29. The second kappa shape index (κ2) is 4.67. The zero-order valence-electron chi connectivity index (χ0n) is 10.2. The van der Waals surface area contributed by atoms with Crippen molar-refractivity contribution in [2.75, 3.05) is 20.6 Å². The van der Waals surface area contributed by atoms with Crippen LogP contribution in [0.25, 0.3) is 0 Å². The van der Waals surface area contributed by atoms with Crippen LogP contribution in [0.4, 0.5) is 0 Å². The quantitative estimate of drug-likeness (QED) is 0.694. The molecule has 86 valence electrons. The van der Waals surface area contributed by atoms with Crippen LogP contribution in [0, 0.1) is 11.8 Å². The van der Waals surface area contributed by atoms with Crippen LogP contribution >= 0.6 is 0 Å². The van der Waals surface area contributed by atoms with Crippen molar-refractivity contribution in [3.05, 3.63) is 12.2 Å². The summed E-state index contributed by atoms with van der Waals surface area (Å²) in [5.74, 6) is 1.83. The summed E-state index contributed by atoms with van der Waals surface area (Å²) in [6, 6.07) is 1.43. The van der Waals surface area contributed by atoms with Crippen LogP contribution in [0.15, 0.2) is 12.2 Å². The lowest BCUT2D eigenvalue weighted by molar-refractivity contribution is 0.148. The topological polar surface area (TPSA) is 15.3 Å². The van der Waals surface area contributed by atoms with E-state index in [0.29, 0.717) is 6.04 Å². The fourth-order valence-corrected chi connectivity index (χ4v) is 2.81. The molecule has 1 saturated carbocycles. The minimum absolute atomic E-state index is 0.660. The highest BCUT2D eigenvalue weighted by Crippen LogP contribution is 2.42. The average Bonchev–Trinajstić information content (AvgIpc) is 2.53. The Morgan fingerprint density at radius 2 is 2.27 bits per heavy atom. The van der Waals surface area contributed by atoms with Gasteiger partial charge in [-0.3, -0.25) is 0 Å². The predicted octanol–water partition coefficient (Wildman–Crippen LogP) is 1.88. The third kappa shape index (κ3) is 2.61. The molecule has 2 heteroatoms. The first kappa shape index (κ1) is 11.2. The summed E-state index contributed by atoms with van der Waals surface area (Å²) in [6.45, 7) is 3.50. The van der Waals surface area contributed by atoms with E-state index in [0.717, 1.165) is 17.9 Å². The van der Waals surface area contributed by atoms with Gasteiger partial charge < -0.3 is 10.2 Å². The van der Waals surface area contributed by atoms with E-state index in [1.54, 1.807) is 0 Å². The first-order valence-corrected chi connectivity index (χ1v) is 6.24. The number of fused-ring (bicyclic) bond motifs is 1. The standard InChI is InChI=1S/C13H24N2/c1-10(7-8-15(2)3)14-13-9-11-5-4-6-12(11)13/h4,6,10-14H,5,7-9H2,1-3H3. The molecule has 0 spiro atoms. The second-order valence-corrected chi connectivity index (χ2v) is 5.50. The Morgan fingerprint density at radius 1 is 1.47 bits per heavy atom. The third-order valence-corrected chi connectivity index (χ3v) is 3.87. The molecule has 2 aliphatic carbocycles. The minimum atomic E-state index is 0.660. The molecule has 0 saturated heterocycles. The smallest absolute Gasteiger partial charge is 0.0138 e. The zero-order chi connectivity index (χ0) is 10.8. The largest absolute Gasteiger partial charge is 0.311 e. The van der Waals surface area contributed by atoms with Gasteiger partial charge in [0, 0.05) is 12.1 Å². The molecule has 0 radical (unpaired) electrons. The Balaban J connectivity index is 1.66. The summed E-state index contributed by atoms with van der Waals surface area (Å²) >= 11 is 0. The van der Waals surface area contributed by atoms with Crippen molar-refractivity contribution >= 4 is 0 Å². The van der Waals surface area contributed by atoms with Crippen molar-refractivity contribution in [3.63, 3.8) is 0 Å². The Morgan fingerprint density at radius 3 is 2.93 bits per heavy atom. The van der Waals surface area contributed by atoms with Gasteiger partial charge in [0.25, 0.3) is 0 Å². The van der Waals surface area contributed by atoms with Crippen molar-refractivity contribution in [1.29, 1.82) is 0 Å². The van der Waals surface area contributed by atoms with Crippen molar-refractivity contribution in [3.8, 4) is 0 Å². The molecule has 1 fully saturated rings. The van der Waals surface area contributed by atoms with Crippen molar-refractivity contribution in [1.82, 2.24) is 10.2 Å². The van der Waals surface area contributed by atoms with E-state index in [1.807, 2.05) is 0 Å². The van der Waals surface area contributed by atoms with Gasteiger partial charge in [-0.2, -0.15) is 0 Å². The fourth-order valence-electron chi connectivity index (χ4n) is 2.81. The summed E-state index contributed by atoms with van der Waals surface area (Å²) in [5, 5.41) is 3.77. The van der Waals surface area contributed by atoms with Crippen molar-refractivity contribution in [2.45, 2.75) is 38.3 Å². The predicted molar refractivity (Wildman–Crippen MR) is 64.9 cm³/mol. The maximum absolute atomic E-state index is 3.77. The van der Waals surface area contributed by atoms with Gasteiger partial charge >= 0.3 is 0 Å². The lowest BCUT2D eigenvalue weighted by Crippen LogP contribution is -2.51. The summed E-state index contributed by atoms with van der Waals surface area (Å²) in [5.41, 5.74) is 0. The molecule has 0 heterocycles. The third-order valence-electron chi connectivity index (χ3n) is 3.87. The van der Waals surface area contributed by atoms with Gasteiger partial charge in [0.1, 0.15) is 0 Å². The molecule has 2 aliphatic rings. The number of nitrogens with zero attached hydrogens (tertiary/aromatic N) is 1. The van der Waals surface area contributed by atoms with E-state index < -0.39 is 0 Å². The van der Waals surface area contributed by atoms with Crippen LogP contribution in [-0.4, -0.2) is 37.6 Å². The number of hydrogen-bond donors (Lipinski definition) is 1. The fraction of sp³-hybridized carbons (Fsp3) is 0.846. The normalized spacial score (nSPS) is 35.3. The number of hydrogen-bond acceptors (Lipinski definition) is 2. The van der Waals surface area contributed by atoms with Gasteiger partial charge in [0.15, 0.2) is 0 Å². The molecule has 1 N–H and O–H groups in total. The molecular weight excluding hydrogens is 184 g/mol. The highest BCUT2D eigenvalue weighted by molar-refractivity contribution is 5.13. The molecule has 0 aliphatic heterocycles. The second-order valence-electron chi connectivity index (χ2n) is 5.50.